The van der Waals surface area contributed by atoms with E-state index in [1.54, 1.807) is 24.5 Å². The second kappa shape index (κ2) is 13.4. The predicted molar refractivity (Wildman–Crippen MR) is 155 cm³/mol. The van der Waals surface area contributed by atoms with E-state index in [1.165, 1.54) is 11.8 Å². The zero-order valence-electron chi connectivity index (χ0n) is 21.9. The van der Waals surface area contributed by atoms with E-state index in [0.29, 0.717) is 16.9 Å². The molecule has 0 saturated heterocycles. The minimum absolute atomic E-state index is 0.120. The third-order valence-electron chi connectivity index (χ3n) is 6.27. The molecular weight excluding hydrogens is 538 g/mol. The number of carbonyl (C=O) groups excluding carboxylic acids is 1. The van der Waals surface area contributed by atoms with E-state index >= 15 is 0 Å². The normalized spacial score (nSPS) is 11.6. The van der Waals surface area contributed by atoms with E-state index in [9.17, 15) is 14.7 Å². The predicted octanol–water partition coefficient (Wildman–Crippen LogP) is 5.51. The highest BCUT2D eigenvalue weighted by Crippen LogP contribution is 2.26. The fourth-order valence-electron chi connectivity index (χ4n) is 4.29. The molecule has 5 aromatic rings. The number of thioether (sulfide) groups is 1. The van der Waals surface area contributed by atoms with Crippen molar-refractivity contribution in [3.05, 3.63) is 132 Å². The molecule has 206 valence electrons. The summed E-state index contributed by atoms with van der Waals surface area (Å²) >= 11 is 1.38. The molecule has 2 aromatic heterocycles. The summed E-state index contributed by atoms with van der Waals surface area (Å²) in [6.45, 7) is 0. The molecule has 2 heterocycles. The van der Waals surface area contributed by atoms with Crippen LogP contribution in [-0.2, 0) is 17.0 Å². The molecule has 10 heteroatoms. The van der Waals surface area contributed by atoms with Gasteiger partial charge in [-0.25, -0.2) is 9.59 Å². The maximum atomic E-state index is 13.0. The van der Waals surface area contributed by atoms with Crippen LogP contribution in [0, 0.1) is 0 Å². The Balaban J connectivity index is 1.21. The van der Waals surface area contributed by atoms with Gasteiger partial charge in [0.1, 0.15) is 6.04 Å². The molecule has 5 rings (SSSR count). The number of carboxylic acid groups (broad SMARTS) is 1. The molecule has 0 aliphatic rings. The molecule has 0 radical (unpaired) electrons. The molecule has 41 heavy (non-hydrogen) atoms. The Kier molecular flexibility index (Phi) is 9.02. The van der Waals surface area contributed by atoms with Gasteiger partial charge in [0.15, 0.2) is 0 Å². The summed E-state index contributed by atoms with van der Waals surface area (Å²) in [5.41, 5.74) is 4.30. The van der Waals surface area contributed by atoms with Gasteiger partial charge in [0.2, 0.25) is 5.89 Å². The fraction of sp³-hybridized carbons (Fsp3) is 0.129. The number of carboxylic acids is 1. The Labute approximate surface area is 241 Å². The molecule has 3 aromatic carbocycles. The van der Waals surface area contributed by atoms with Crippen LogP contribution in [0.1, 0.15) is 28.3 Å². The van der Waals surface area contributed by atoms with Gasteiger partial charge in [-0.15, -0.1) is 10.2 Å². The molecule has 1 atom stereocenters. The first-order chi connectivity index (χ1) is 20.0. The summed E-state index contributed by atoms with van der Waals surface area (Å²) < 4.78 is 5.74. The summed E-state index contributed by atoms with van der Waals surface area (Å²) in [6, 6.07) is 28.1. The fourth-order valence-corrected chi connectivity index (χ4v) is 4.99. The summed E-state index contributed by atoms with van der Waals surface area (Å²) in [5.74, 6) is -0.155. The lowest BCUT2D eigenvalue weighted by Gasteiger charge is -2.22. The number of carbonyl (C=O) groups is 2. The molecule has 0 bridgehead atoms. The number of pyridine rings is 1. The number of urea groups is 1. The van der Waals surface area contributed by atoms with Crippen LogP contribution >= 0.6 is 11.8 Å². The lowest BCUT2D eigenvalue weighted by molar-refractivity contribution is -0.139. The average Bonchev–Trinajstić information content (AvgIpc) is 3.49. The van der Waals surface area contributed by atoms with Crippen LogP contribution in [0.5, 0.6) is 0 Å². The Bertz CT molecular complexity index is 1540. The number of benzene rings is 3. The molecular formula is C31H27N5O4S. The van der Waals surface area contributed by atoms with Gasteiger partial charge >= 0.3 is 12.0 Å². The highest BCUT2D eigenvalue weighted by molar-refractivity contribution is 7.98. The van der Waals surface area contributed by atoms with E-state index in [4.69, 9.17) is 4.42 Å². The summed E-state index contributed by atoms with van der Waals surface area (Å²) in [4.78, 5) is 29.1. The van der Waals surface area contributed by atoms with Crippen LogP contribution in [-0.4, -0.2) is 38.3 Å². The zero-order valence-corrected chi connectivity index (χ0v) is 22.7. The van der Waals surface area contributed by atoms with E-state index < -0.39 is 24.1 Å². The van der Waals surface area contributed by atoms with E-state index in [0.717, 1.165) is 27.8 Å². The van der Waals surface area contributed by atoms with Gasteiger partial charge in [-0.05, 0) is 34.4 Å². The first-order valence-electron chi connectivity index (χ1n) is 12.9. The zero-order chi connectivity index (χ0) is 28.4. The Hall–Kier alpha value is -4.96. The number of aliphatic carboxylic acids is 1. The van der Waals surface area contributed by atoms with Crippen LogP contribution in [0.15, 0.2) is 119 Å². The molecule has 3 N–H and O–H groups in total. The third-order valence-corrected chi connectivity index (χ3v) is 7.16. The third kappa shape index (κ3) is 7.58. The van der Waals surface area contributed by atoms with Crippen LogP contribution in [0.3, 0.4) is 0 Å². The van der Waals surface area contributed by atoms with Gasteiger partial charge in [-0.3, -0.25) is 4.98 Å². The minimum Gasteiger partial charge on any atom is -0.480 e. The van der Waals surface area contributed by atoms with Gasteiger partial charge in [-0.1, -0.05) is 96.7 Å². The van der Waals surface area contributed by atoms with Crippen molar-refractivity contribution in [1.29, 1.82) is 0 Å². The van der Waals surface area contributed by atoms with Crippen LogP contribution in [0.2, 0.25) is 0 Å². The lowest BCUT2D eigenvalue weighted by Crippen LogP contribution is -2.48. The molecule has 9 nitrogen and oxygen atoms in total. The van der Waals surface area contributed by atoms with Crippen LogP contribution < -0.4 is 10.6 Å². The number of rotatable bonds is 11. The van der Waals surface area contributed by atoms with Crippen LogP contribution in [0.25, 0.3) is 11.5 Å². The van der Waals surface area contributed by atoms with E-state index in [2.05, 4.69) is 25.8 Å². The second-order valence-electron chi connectivity index (χ2n) is 9.18. The van der Waals surface area contributed by atoms with Crippen molar-refractivity contribution < 1.29 is 19.1 Å². The average molecular weight is 566 g/mol. The van der Waals surface area contributed by atoms with Gasteiger partial charge in [0.25, 0.3) is 5.22 Å². The highest BCUT2D eigenvalue weighted by Gasteiger charge is 2.23. The summed E-state index contributed by atoms with van der Waals surface area (Å²) in [7, 11) is 0. The van der Waals surface area contributed by atoms with Gasteiger partial charge in [0.05, 0.1) is 6.04 Å². The van der Waals surface area contributed by atoms with Crippen molar-refractivity contribution in [2.45, 2.75) is 29.5 Å². The van der Waals surface area contributed by atoms with Crippen molar-refractivity contribution >= 4 is 23.8 Å². The van der Waals surface area contributed by atoms with Crippen molar-refractivity contribution in [2.75, 3.05) is 0 Å². The van der Waals surface area contributed by atoms with Crippen molar-refractivity contribution in [3.63, 3.8) is 0 Å². The Morgan fingerprint density at radius 3 is 2.12 bits per heavy atom. The lowest BCUT2D eigenvalue weighted by atomic mass is 9.99. The first kappa shape index (κ1) is 27.6. The second-order valence-corrected chi connectivity index (χ2v) is 10.1. The number of nitrogens with one attached hydrogen (secondary N) is 2. The first-order valence-corrected chi connectivity index (χ1v) is 13.9. The van der Waals surface area contributed by atoms with Crippen molar-refractivity contribution in [1.82, 2.24) is 25.8 Å². The van der Waals surface area contributed by atoms with Gasteiger partial charge < -0.3 is 20.2 Å². The molecule has 0 aliphatic carbocycles. The number of hydrogen-bond acceptors (Lipinski definition) is 7. The monoisotopic (exact) mass is 565 g/mol. The molecule has 0 fully saturated rings. The molecule has 2 amide bonds. The standard InChI is InChI=1S/C31H27N5O4S/c37-29(38)26(33-30(39)34-27(23-10-3-1-4-11-23)24-12-5-2-6-13-24)19-21-8-7-9-22(18-21)20-41-31-36-35-28(40-31)25-14-16-32-17-15-25/h1-18,26-27H,19-20H2,(H,37,38)(H2,33,34,39). The Morgan fingerprint density at radius 1 is 0.805 bits per heavy atom. The van der Waals surface area contributed by atoms with Gasteiger partial charge in [-0.2, -0.15) is 0 Å². The van der Waals surface area contributed by atoms with Gasteiger partial charge in [0, 0.05) is 30.1 Å². The molecule has 0 saturated carbocycles. The number of nitrogens with zero attached hydrogens (tertiary/aromatic N) is 3. The topological polar surface area (TPSA) is 130 Å². The van der Waals surface area contributed by atoms with Crippen molar-refractivity contribution in [3.8, 4) is 11.5 Å². The highest BCUT2D eigenvalue weighted by atomic mass is 32.2. The van der Waals surface area contributed by atoms with E-state index in [-0.39, 0.29) is 6.42 Å². The minimum atomic E-state index is -1.12. The molecule has 0 spiro atoms. The smallest absolute Gasteiger partial charge is 0.326 e. The van der Waals surface area contributed by atoms with Crippen LogP contribution in [0.4, 0.5) is 4.79 Å². The maximum Gasteiger partial charge on any atom is 0.326 e. The maximum absolute atomic E-state index is 13.0. The SMILES string of the molecule is O=C(NC(Cc1cccc(CSc2nnc(-c3ccncc3)o2)c1)C(=O)O)NC(c1ccccc1)c1ccccc1. The number of hydrogen-bond donors (Lipinski definition) is 3. The summed E-state index contributed by atoms with van der Waals surface area (Å²) in [6.07, 6.45) is 3.44. The summed E-state index contributed by atoms with van der Waals surface area (Å²) in [5, 5.41) is 24.1. The molecule has 1 unspecified atom stereocenters. The van der Waals surface area contributed by atoms with E-state index in [1.807, 2.05) is 84.9 Å². The quantitative estimate of drug-likeness (QED) is 0.179. The largest absolute Gasteiger partial charge is 0.480 e. The number of aromatic nitrogens is 3. The Morgan fingerprint density at radius 2 is 1.46 bits per heavy atom. The molecule has 0 aliphatic heterocycles. The van der Waals surface area contributed by atoms with Crippen molar-refractivity contribution in [2.24, 2.45) is 0 Å². The number of amides is 2.